The van der Waals surface area contributed by atoms with Crippen LogP contribution >= 0.6 is 0 Å². The van der Waals surface area contributed by atoms with Crippen LogP contribution in [-0.4, -0.2) is 25.8 Å². The molecule has 0 aliphatic carbocycles. The highest BCUT2D eigenvalue weighted by Gasteiger charge is 1.99. The van der Waals surface area contributed by atoms with E-state index in [0.717, 1.165) is 11.8 Å². The molecule has 0 aliphatic rings. The van der Waals surface area contributed by atoms with Crippen molar-refractivity contribution in [2.45, 2.75) is 6.54 Å². The van der Waals surface area contributed by atoms with Gasteiger partial charge in [-0.25, -0.2) is 0 Å². The van der Waals surface area contributed by atoms with Gasteiger partial charge in [-0.3, -0.25) is 14.2 Å². The van der Waals surface area contributed by atoms with Gasteiger partial charge in [0.05, 0.1) is 24.5 Å². The second-order valence-electron chi connectivity index (χ2n) is 3.11. The monoisotopic (exact) mass is 190 g/mol. The molecule has 0 atom stereocenters. The summed E-state index contributed by atoms with van der Waals surface area (Å²) in [6.45, 7) is 0.641. The molecule has 0 N–H and O–H groups in total. The molecule has 0 saturated carbocycles. The van der Waals surface area contributed by atoms with Gasteiger partial charge in [0.25, 0.3) is 0 Å². The molecule has 5 nitrogen and oxygen atoms in total. The van der Waals surface area contributed by atoms with Crippen molar-refractivity contribution in [2.75, 3.05) is 0 Å². The molecule has 0 bridgehead atoms. The number of hydrogen-bond donors (Lipinski definition) is 0. The van der Waals surface area contributed by atoms with E-state index >= 15 is 0 Å². The highest BCUT2D eigenvalue weighted by Crippen LogP contribution is 2.01. The minimum absolute atomic E-state index is 0.592. The molecule has 2 rings (SSSR count). The van der Waals surface area contributed by atoms with Crippen molar-refractivity contribution >= 4 is 6.29 Å². The van der Waals surface area contributed by atoms with E-state index in [1.54, 1.807) is 28.0 Å². The molecular formula is C9H10N4O. The zero-order valence-electron chi connectivity index (χ0n) is 7.79. The van der Waals surface area contributed by atoms with E-state index in [9.17, 15) is 4.79 Å². The summed E-state index contributed by atoms with van der Waals surface area (Å²) in [7, 11) is 1.86. The third-order valence-corrected chi connectivity index (χ3v) is 1.89. The largest absolute Gasteiger partial charge is 0.298 e. The number of aldehydes is 1. The van der Waals surface area contributed by atoms with Crippen molar-refractivity contribution in [2.24, 2.45) is 7.05 Å². The van der Waals surface area contributed by atoms with Gasteiger partial charge in [0, 0.05) is 25.0 Å². The van der Waals surface area contributed by atoms with Crippen molar-refractivity contribution in [3.8, 4) is 0 Å². The van der Waals surface area contributed by atoms with Crippen molar-refractivity contribution in [1.29, 1.82) is 0 Å². The predicted molar refractivity (Wildman–Crippen MR) is 49.9 cm³/mol. The van der Waals surface area contributed by atoms with Crippen molar-refractivity contribution < 1.29 is 4.79 Å². The summed E-state index contributed by atoms with van der Waals surface area (Å²) in [5.41, 5.74) is 1.65. The van der Waals surface area contributed by atoms with Gasteiger partial charge in [0.1, 0.15) is 0 Å². The van der Waals surface area contributed by atoms with Crippen LogP contribution in [0.1, 0.15) is 15.9 Å². The number of aryl methyl sites for hydroxylation is 1. The van der Waals surface area contributed by atoms with Crippen LogP contribution in [0.2, 0.25) is 0 Å². The zero-order chi connectivity index (χ0) is 9.97. The first-order valence-corrected chi connectivity index (χ1v) is 4.23. The topological polar surface area (TPSA) is 52.7 Å². The van der Waals surface area contributed by atoms with Gasteiger partial charge in [-0.05, 0) is 0 Å². The first-order chi connectivity index (χ1) is 6.78. The quantitative estimate of drug-likeness (QED) is 0.661. The van der Waals surface area contributed by atoms with Crippen molar-refractivity contribution in [3.63, 3.8) is 0 Å². The lowest BCUT2D eigenvalue weighted by molar-refractivity contribution is 0.112. The lowest BCUT2D eigenvalue weighted by atomic mass is 10.3. The molecule has 0 aromatic carbocycles. The second kappa shape index (κ2) is 3.45. The third kappa shape index (κ3) is 1.71. The standard InChI is InChI=1S/C9H10N4O/c1-12-4-8(2-10-12)5-13-6-9(7-14)3-11-13/h2-4,6-7H,5H2,1H3. The van der Waals surface area contributed by atoms with Crippen LogP contribution in [0, 0.1) is 0 Å². The van der Waals surface area contributed by atoms with Crippen LogP contribution in [0.5, 0.6) is 0 Å². The molecule has 2 aromatic rings. The Balaban J connectivity index is 2.14. The molecule has 2 heterocycles. The number of carbonyl (C=O) groups excluding carboxylic acids is 1. The molecule has 14 heavy (non-hydrogen) atoms. The number of rotatable bonds is 3. The minimum Gasteiger partial charge on any atom is -0.298 e. The molecule has 0 radical (unpaired) electrons. The van der Waals surface area contributed by atoms with Gasteiger partial charge in [-0.2, -0.15) is 10.2 Å². The number of nitrogens with zero attached hydrogens (tertiary/aromatic N) is 4. The molecule has 0 aliphatic heterocycles. The first kappa shape index (κ1) is 8.68. The predicted octanol–water partition coefficient (Wildman–Crippen LogP) is 0.477. The molecule has 2 aromatic heterocycles. The van der Waals surface area contributed by atoms with E-state index in [-0.39, 0.29) is 0 Å². The van der Waals surface area contributed by atoms with Crippen LogP contribution in [0.15, 0.2) is 24.8 Å². The average Bonchev–Trinajstić information content (AvgIpc) is 2.76. The van der Waals surface area contributed by atoms with E-state index < -0.39 is 0 Å². The normalized spacial score (nSPS) is 10.4. The van der Waals surface area contributed by atoms with Gasteiger partial charge in [0.2, 0.25) is 0 Å². The van der Waals surface area contributed by atoms with E-state index in [1.165, 1.54) is 0 Å². The third-order valence-electron chi connectivity index (χ3n) is 1.89. The Labute approximate surface area is 81.0 Å². The van der Waals surface area contributed by atoms with E-state index in [2.05, 4.69) is 10.2 Å². The van der Waals surface area contributed by atoms with Crippen LogP contribution in [0.25, 0.3) is 0 Å². The Hall–Kier alpha value is -1.91. The number of hydrogen-bond acceptors (Lipinski definition) is 3. The van der Waals surface area contributed by atoms with Crippen LogP contribution < -0.4 is 0 Å². The maximum Gasteiger partial charge on any atom is 0.153 e. The SMILES string of the molecule is Cn1cc(Cn2cc(C=O)cn2)cn1. The molecular weight excluding hydrogens is 180 g/mol. The zero-order valence-corrected chi connectivity index (χ0v) is 7.79. The van der Waals surface area contributed by atoms with Crippen molar-refractivity contribution in [3.05, 3.63) is 35.9 Å². The van der Waals surface area contributed by atoms with Crippen LogP contribution in [0.3, 0.4) is 0 Å². The highest BCUT2D eigenvalue weighted by atomic mass is 16.1. The average molecular weight is 190 g/mol. The number of aromatic nitrogens is 4. The van der Waals surface area contributed by atoms with Gasteiger partial charge in [-0.1, -0.05) is 0 Å². The fourth-order valence-corrected chi connectivity index (χ4v) is 1.27. The van der Waals surface area contributed by atoms with Crippen molar-refractivity contribution in [1.82, 2.24) is 19.6 Å². The summed E-state index contributed by atoms with van der Waals surface area (Å²) in [6, 6.07) is 0. The Morgan fingerprint density at radius 1 is 1.36 bits per heavy atom. The van der Waals surface area contributed by atoms with Crippen LogP contribution in [0.4, 0.5) is 0 Å². The highest BCUT2D eigenvalue weighted by molar-refractivity contribution is 5.73. The fourth-order valence-electron chi connectivity index (χ4n) is 1.27. The van der Waals surface area contributed by atoms with Gasteiger partial charge in [-0.15, -0.1) is 0 Å². The Morgan fingerprint density at radius 2 is 2.21 bits per heavy atom. The smallest absolute Gasteiger partial charge is 0.153 e. The van der Waals surface area contributed by atoms with Gasteiger partial charge in [0.15, 0.2) is 6.29 Å². The second-order valence-corrected chi connectivity index (χ2v) is 3.11. The molecule has 5 heteroatoms. The minimum atomic E-state index is 0.592. The molecule has 0 unspecified atom stereocenters. The lowest BCUT2D eigenvalue weighted by Gasteiger charge is -1.95. The number of carbonyl (C=O) groups is 1. The van der Waals surface area contributed by atoms with E-state index in [1.807, 2.05) is 13.2 Å². The van der Waals surface area contributed by atoms with E-state index in [4.69, 9.17) is 0 Å². The summed E-state index contributed by atoms with van der Waals surface area (Å²) in [5, 5.41) is 8.09. The fraction of sp³-hybridized carbons (Fsp3) is 0.222. The maximum atomic E-state index is 10.4. The summed E-state index contributed by atoms with van der Waals surface area (Å²) in [6.07, 6.45) is 7.74. The molecule has 0 saturated heterocycles. The summed E-state index contributed by atoms with van der Waals surface area (Å²) in [5.74, 6) is 0. The maximum absolute atomic E-state index is 10.4. The Bertz CT molecular complexity index is 443. The Kier molecular flexibility index (Phi) is 2.14. The Morgan fingerprint density at radius 3 is 2.79 bits per heavy atom. The first-order valence-electron chi connectivity index (χ1n) is 4.23. The van der Waals surface area contributed by atoms with E-state index in [0.29, 0.717) is 12.1 Å². The van der Waals surface area contributed by atoms with Gasteiger partial charge >= 0.3 is 0 Å². The molecule has 0 amide bonds. The summed E-state index contributed by atoms with van der Waals surface area (Å²) in [4.78, 5) is 10.4. The molecule has 72 valence electrons. The summed E-state index contributed by atoms with van der Waals surface area (Å²) >= 11 is 0. The van der Waals surface area contributed by atoms with Gasteiger partial charge < -0.3 is 0 Å². The van der Waals surface area contributed by atoms with Crippen LogP contribution in [-0.2, 0) is 13.6 Å². The summed E-state index contributed by atoms with van der Waals surface area (Å²) < 4.78 is 3.44. The molecule has 0 fully saturated rings. The lowest BCUT2D eigenvalue weighted by Crippen LogP contribution is -1.98. The molecule has 0 spiro atoms.